The molecule has 0 aromatic rings. The lowest BCUT2D eigenvalue weighted by molar-refractivity contribution is -0.178. The van der Waals surface area contributed by atoms with Crippen molar-refractivity contribution >= 4 is 26.9 Å². The summed E-state index contributed by atoms with van der Waals surface area (Å²) in [4.78, 5) is 21.3. The number of aliphatic imine (C=N–C) groups is 2. The maximum Gasteiger partial charge on any atom is 0.293 e. The predicted molar refractivity (Wildman–Crippen MR) is 111 cm³/mol. The van der Waals surface area contributed by atoms with Gasteiger partial charge in [0.25, 0.3) is 11.8 Å². The molecule has 0 saturated carbocycles. The van der Waals surface area contributed by atoms with Gasteiger partial charge in [0.15, 0.2) is 8.32 Å². The van der Waals surface area contributed by atoms with Crippen LogP contribution in [0.25, 0.3) is 0 Å². The first-order valence-electron chi connectivity index (χ1n) is 10.2. The topological polar surface area (TPSA) is 105 Å². The smallest absolute Gasteiger partial charge is 0.293 e. The third kappa shape index (κ3) is 2.70. The SMILES string of the molecule is CC(C)[Si](OCC1(C23NC=NC2(O)N=CNC3=O)CCCO1)(C(C)C)C(C)C. The number of hydrogen-bond acceptors (Lipinski definition) is 7. The summed E-state index contributed by atoms with van der Waals surface area (Å²) in [6.07, 6.45) is 3.90. The minimum absolute atomic E-state index is 0.218. The van der Waals surface area contributed by atoms with Gasteiger partial charge in [0.2, 0.25) is 5.54 Å². The van der Waals surface area contributed by atoms with Crippen molar-refractivity contribution < 1.29 is 19.1 Å². The van der Waals surface area contributed by atoms with Crippen molar-refractivity contribution in [3.63, 3.8) is 0 Å². The monoisotopic (exact) mass is 410 g/mol. The second-order valence-electron chi connectivity index (χ2n) is 9.07. The number of hydrogen-bond donors (Lipinski definition) is 3. The molecule has 0 aliphatic carbocycles. The Labute approximate surface area is 168 Å². The molecule has 0 aromatic heterocycles. The second kappa shape index (κ2) is 7.19. The van der Waals surface area contributed by atoms with Crippen LogP contribution in [0.15, 0.2) is 9.98 Å². The highest BCUT2D eigenvalue weighted by atomic mass is 28.4. The summed E-state index contributed by atoms with van der Waals surface area (Å²) in [6, 6.07) is 0. The molecule has 1 fully saturated rings. The zero-order chi connectivity index (χ0) is 20.8. The average Bonchev–Trinajstić information content (AvgIpc) is 3.20. The van der Waals surface area contributed by atoms with Gasteiger partial charge < -0.3 is 24.9 Å². The number of carbonyl (C=O) groups excluding carboxylic acids is 1. The minimum atomic E-state index is -2.20. The fourth-order valence-electron chi connectivity index (χ4n) is 5.65. The van der Waals surface area contributed by atoms with E-state index in [9.17, 15) is 9.90 Å². The normalized spacial score (nSPS) is 35.0. The maximum absolute atomic E-state index is 13.1. The molecule has 3 unspecified atom stereocenters. The Balaban J connectivity index is 2.02. The molecule has 0 aromatic carbocycles. The lowest BCUT2D eigenvalue weighted by atomic mass is 9.73. The summed E-state index contributed by atoms with van der Waals surface area (Å²) >= 11 is 0. The highest BCUT2D eigenvalue weighted by Gasteiger charge is 2.73. The molecule has 3 atom stereocenters. The van der Waals surface area contributed by atoms with Crippen LogP contribution in [0.2, 0.25) is 16.6 Å². The third-order valence-corrected chi connectivity index (χ3v) is 12.9. The van der Waals surface area contributed by atoms with Crippen molar-refractivity contribution in [2.45, 2.75) is 88.0 Å². The summed E-state index contributed by atoms with van der Waals surface area (Å²) < 4.78 is 13.0. The molecular weight excluding hydrogens is 376 g/mol. The van der Waals surface area contributed by atoms with Gasteiger partial charge in [-0.1, -0.05) is 41.5 Å². The highest BCUT2D eigenvalue weighted by molar-refractivity contribution is 6.77. The first-order chi connectivity index (χ1) is 13.1. The van der Waals surface area contributed by atoms with E-state index in [0.717, 1.165) is 6.42 Å². The highest BCUT2D eigenvalue weighted by Crippen LogP contribution is 2.49. The van der Waals surface area contributed by atoms with Crippen molar-refractivity contribution in [1.82, 2.24) is 10.6 Å². The van der Waals surface area contributed by atoms with Gasteiger partial charge in [-0.3, -0.25) is 4.79 Å². The van der Waals surface area contributed by atoms with Crippen molar-refractivity contribution in [2.24, 2.45) is 9.98 Å². The molecule has 1 saturated heterocycles. The van der Waals surface area contributed by atoms with E-state index in [4.69, 9.17) is 9.16 Å². The molecular formula is C19H34N4O4Si. The van der Waals surface area contributed by atoms with Crippen LogP contribution in [-0.2, 0) is 14.0 Å². The largest absolute Gasteiger partial charge is 0.413 e. The molecule has 3 heterocycles. The van der Waals surface area contributed by atoms with Gasteiger partial charge in [-0.2, -0.15) is 0 Å². The van der Waals surface area contributed by atoms with E-state index in [0.29, 0.717) is 29.7 Å². The van der Waals surface area contributed by atoms with E-state index >= 15 is 0 Å². The third-order valence-electron chi connectivity index (χ3n) is 6.86. The van der Waals surface area contributed by atoms with Crippen molar-refractivity contribution in [3.8, 4) is 0 Å². The Morgan fingerprint density at radius 2 is 1.79 bits per heavy atom. The molecule has 9 heteroatoms. The van der Waals surface area contributed by atoms with Crippen LogP contribution in [-0.4, -0.2) is 62.2 Å². The number of aliphatic hydroxyl groups is 1. The van der Waals surface area contributed by atoms with Crippen LogP contribution in [0, 0.1) is 0 Å². The van der Waals surface area contributed by atoms with Gasteiger partial charge in [0.05, 0.1) is 19.3 Å². The molecule has 158 valence electrons. The lowest BCUT2D eigenvalue weighted by Gasteiger charge is -2.51. The molecule has 28 heavy (non-hydrogen) atoms. The van der Waals surface area contributed by atoms with Crippen molar-refractivity contribution in [3.05, 3.63) is 0 Å². The van der Waals surface area contributed by atoms with E-state index in [-0.39, 0.29) is 6.61 Å². The fourth-order valence-corrected chi connectivity index (χ4v) is 11.1. The first kappa shape index (κ1) is 21.4. The van der Waals surface area contributed by atoms with E-state index in [1.807, 2.05) is 0 Å². The predicted octanol–water partition coefficient (Wildman–Crippen LogP) is 1.90. The first-order valence-corrected chi connectivity index (χ1v) is 12.4. The number of ether oxygens (including phenoxy) is 1. The molecule has 3 aliphatic heterocycles. The van der Waals surface area contributed by atoms with E-state index in [1.165, 1.54) is 12.7 Å². The van der Waals surface area contributed by atoms with E-state index < -0.39 is 31.2 Å². The van der Waals surface area contributed by atoms with Crippen molar-refractivity contribution in [1.29, 1.82) is 0 Å². The lowest BCUT2D eigenvalue weighted by Crippen LogP contribution is -2.79. The fraction of sp³-hybridized carbons (Fsp3) is 0.842. The Morgan fingerprint density at radius 1 is 1.18 bits per heavy atom. The molecule has 1 amide bonds. The van der Waals surface area contributed by atoms with Crippen LogP contribution in [0.3, 0.4) is 0 Å². The van der Waals surface area contributed by atoms with Gasteiger partial charge in [-0.15, -0.1) is 0 Å². The summed E-state index contributed by atoms with van der Waals surface area (Å²) in [5, 5.41) is 16.8. The second-order valence-corrected chi connectivity index (χ2v) is 14.5. The molecule has 3 rings (SSSR count). The van der Waals surface area contributed by atoms with E-state index in [2.05, 4.69) is 62.2 Å². The Morgan fingerprint density at radius 3 is 2.32 bits per heavy atom. The van der Waals surface area contributed by atoms with Gasteiger partial charge in [-0.25, -0.2) is 9.98 Å². The molecule has 3 N–H and O–H groups in total. The maximum atomic E-state index is 13.1. The molecule has 0 spiro atoms. The standard InChI is InChI=1S/C19H34N4O4Si/c1-13(2)28(14(3)4,15(5)6)27-10-17(8-7-9-26-17)18-16(24)20-11-22-19(18,25)23-12-21-18/h11-15,25H,7-10H2,1-6H3,(H,21,23)(H,20,22,24). The van der Waals surface area contributed by atoms with Crippen molar-refractivity contribution in [2.75, 3.05) is 13.2 Å². The zero-order valence-electron chi connectivity index (χ0n) is 17.8. The zero-order valence-corrected chi connectivity index (χ0v) is 18.8. The molecule has 8 nitrogen and oxygen atoms in total. The summed E-state index contributed by atoms with van der Waals surface area (Å²) in [6.45, 7) is 14.0. The number of fused-ring (bicyclic) bond motifs is 1. The van der Waals surface area contributed by atoms with E-state index in [1.54, 1.807) is 0 Å². The van der Waals surface area contributed by atoms with Gasteiger partial charge in [0, 0.05) is 6.61 Å². The molecule has 0 bridgehead atoms. The minimum Gasteiger partial charge on any atom is -0.413 e. The van der Waals surface area contributed by atoms with Crippen LogP contribution >= 0.6 is 0 Å². The Hall–Kier alpha value is -1.29. The quantitative estimate of drug-likeness (QED) is 0.556. The van der Waals surface area contributed by atoms with Crippen LogP contribution < -0.4 is 10.6 Å². The Bertz CT molecular complexity index is 653. The van der Waals surface area contributed by atoms with Gasteiger partial charge in [0.1, 0.15) is 5.60 Å². The van der Waals surface area contributed by atoms with Gasteiger partial charge >= 0.3 is 0 Å². The van der Waals surface area contributed by atoms with Gasteiger partial charge in [-0.05, 0) is 29.5 Å². The summed E-state index contributed by atoms with van der Waals surface area (Å²) in [5.41, 5.74) is -1.41. The summed E-state index contributed by atoms with van der Waals surface area (Å²) in [5.74, 6) is -2.35. The van der Waals surface area contributed by atoms with Crippen LogP contribution in [0.5, 0.6) is 0 Å². The number of amides is 1. The number of rotatable bonds is 7. The van der Waals surface area contributed by atoms with Crippen LogP contribution in [0.1, 0.15) is 54.4 Å². The molecule has 3 aliphatic rings. The average molecular weight is 411 g/mol. The Kier molecular flexibility index (Phi) is 5.50. The summed E-state index contributed by atoms with van der Waals surface area (Å²) in [7, 11) is -2.20. The number of nitrogens with one attached hydrogen (secondary N) is 2. The molecule has 0 radical (unpaired) electrons. The number of carbonyl (C=O) groups is 1. The number of nitrogens with zero attached hydrogens (tertiary/aromatic N) is 2. The van der Waals surface area contributed by atoms with Crippen LogP contribution in [0.4, 0.5) is 0 Å².